The highest BCUT2D eigenvalue weighted by atomic mass is 32.2. The average molecular weight is 440 g/mol. The summed E-state index contributed by atoms with van der Waals surface area (Å²) in [5.74, 6) is -0.329. The Hall–Kier alpha value is -3.04. The van der Waals surface area contributed by atoms with E-state index in [-0.39, 0.29) is 23.0 Å². The Bertz CT molecular complexity index is 1120. The zero-order chi connectivity index (χ0) is 21.7. The average Bonchev–Trinajstić information content (AvgIpc) is 3.27. The Kier molecular flexibility index (Phi) is 6.43. The van der Waals surface area contributed by atoms with Crippen LogP contribution in [-0.4, -0.2) is 46.7 Å². The summed E-state index contributed by atoms with van der Waals surface area (Å²) in [7, 11) is -3.45. The quantitative estimate of drug-likeness (QED) is 0.610. The zero-order valence-corrected chi connectivity index (χ0v) is 18.0. The molecule has 1 fully saturated rings. The van der Waals surface area contributed by atoms with Crippen LogP contribution >= 0.6 is 0 Å². The summed E-state index contributed by atoms with van der Waals surface area (Å²) in [4.78, 5) is 12.7. The summed E-state index contributed by atoms with van der Waals surface area (Å²) >= 11 is 0. The summed E-state index contributed by atoms with van der Waals surface area (Å²) < 4.78 is 28.6. The lowest BCUT2D eigenvalue weighted by molar-refractivity contribution is 0.0945. The number of nitrogens with one attached hydrogen (secondary N) is 1. The molecule has 0 aliphatic carbocycles. The van der Waals surface area contributed by atoms with Crippen molar-refractivity contribution in [2.45, 2.75) is 37.2 Å². The number of rotatable bonds is 7. The fourth-order valence-corrected chi connectivity index (χ4v) is 5.07. The molecule has 2 aromatic carbocycles. The minimum Gasteiger partial charge on any atom is -0.347 e. The lowest BCUT2D eigenvalue weighted by Gasteiger charge is -2.25. The molecule has 8 nitrogen and oxygen atoms in total. The molecule has 2 heterocycles. The van der Waals surface area contributed by atoms with Gasteiger partial charge in [-0.1, -0.05) is 54.1 Å². The van der Waals surface area contributed by atoms with E-state index in [1.54, 1.807) is 39.4 Å². The molecule has 1 amide bonds. The van der Waals surface area contributed by atoms with Crippen LogP contribution in [0.3, 0.4) is 0 Å². The van der Waals surface area contributed by atoms with Crippen LogP contribution in [0.1, 0.15) is 40.9 Å². The molecule has 1 aromatic heterocycles. The van der Waals surface area contributed by atoms with Crippen molar-refractivity contribution in [2.75, 3.05) is 13.1 Å². The van der Waals surface area contributed by atoms with Crippen LogP contribution in [0.25, 0.3) is 0 Å². The van der Waals surface area contributed by atoms with Gasteiger partial charge in [-0.05, 0) is 36.1 Å². The van der Waals surface area contributed by atoms with E-state index in [0.29, 0.717) is 19.6 Å². The number of amides is 1. The maximum atomic E-state index is 12.7. The Labute approximate surface area is 181 Å². The molecular formula is C22H25N5O3S. The predicted octanol–water partition coefficient (Wildman–Crippen LogP) is 2.43. The summed E-state index contributed by atoms with van der Waals surface area (Å²) in [6.07, 6.45) is 4.49. The number of hydrogen-bond donors (Lipinski definition) is 1. The first-order chi connectivity index (χ1) is 15.0. The Morgan fingerprint density at radius 3 is 2.35 bits per heavy atom. The van der Waals surface area contributed by atoms with E-state index in [1.807, 2.05) is 30.3 Å². The first-order valence-electron chi connectivity index (χ1n) is 10.3. The molecular weight excluding hydrogens is 414 g/mol. The Morgan fingerprint density at radius 1 is 0.935 bits per heavy atom. The number of piperidine rings is 1. The van der Waals surface area contributed by atoms with Crippen molar-refractivity contribution in [3.05, 3.63) is 77.6 Å². The van der Waals surface area contributed by atoms with E-state index in [2.05, 4.69) is 15.6 Å². The van der Waals surface area contributed by atoms with Gasteiger partial charge in [0.25, 0.3) is 5.91 Å². The number of nitrogens with zero attached hydrogens (tertiary/aromatic N) is 4. The van der Waals surface area contributed by atoms with Gasteiger partial charge in [-0.3, -0.25) is 4.79 Å². The van der Waals surface area contributed by atoms with Crippen LogP contribution in [0, 0.1) is 0 Å². The normalized spacial score (nSPS) is 15.0. The minimum atomic E-state index is -3.45. The van der Waals surface area contributed by atoms with Gasteiger partial charge in [0.05, 0.1) is 17.6 Å². The van der Waals surface area contributed by atoms with Crippen molar-refractivity contribution in [3.63, 3.8) is 0 Å². The minimum absolute atomic E-state index is 0.236. The second kappa shape index (κ2) is 9.40. The Balaban J connectivity index is 1.33. The molecule has 3 aromatic rings. The third kappa shape index (κ3) is 5.18. The molecule has 4 rings (SSSR count). The largest absolute Gasteiger partial charge is 0.347 e. The van der Waals surface area contributed by atoms with Crippen LogP contribution < -0.4 is 5.32 Å². The summed E-state index contributed by atoms with van der Waals surface area (Å²) in [6.45, 7) is 1.96. The molecule has 1 saturated heterocycles. The highest BCUT2D eigenvalue weighted by Crippen LogP contribution is 2.20. The molecule has 0 saturated carbocycles. The molecule has 0 bridgehead atoms. The summed E-state index contributed by atoms with van der Waals surface area (Å²) in [6, 6.07) is 16.5. The fraction of sp³-hybridized carbons (Fsp3) is 0.318. The molecule has 0 unspecified atom stereocenters. The van der Waals surface area contributed by atoms with Crippen molar-refractivity contribution in [2.24, 2.45) is 0 Å². The third-order valence-corrected chi connectivity index (χ3v) is 7.20. The molecule has 0 atom stereocenters. The van der Waals surface area contributed by atoms with Crippen LogP contribution in [0.4, 0.5) is 0 Å². The second-order valence-corrected chi connectivity index (χ2v) is 9.52. The van der Waals surface area contributed by atoms with Crippen LogP contribution in [0.2, 0.25) is 0 Å². The van der Waals surface area contributed by atoms with Gasteiger partial charge in [0.15, 0.2) is 5.69 Å². The maximum Gasteiger partial charge on any atom is 0.273 e. The van der Waals surface area contributed by atoms with Gasteiger partial charge in [-0.2, -0.15) is 4.31 Å². The lowest BCUT2D eigenvalue weighted by atomic mass is 10.2. The standard InChI is InChI=1S/C22H25N5O3S/c28-22(21-17-26(25-24-21)16-19-7-3-1-4-8-19)23-15-18-9-11-20(12-10-18)31(29,30)27-13-5-2-6-14-27/h1,3-4,7-12,17H,2,5-6,13-16H2,(H,23,28). The van der Waals surface area contributed by atoms with E-state index in [0.717, 1.165) is 30.4 Å². The van der Waals surface area contributed by atoms with E-state index in [9.17, 15) is 13.2 Å². The molecule has 162 valence electrons. The van der Waals surface area contributed by atoms with E-state index < -0.39 is 10.0 Å². The number of hydrogen-bond acceptors (Lipinski definition) is 5. The van der Waals surface area contributed by atoms with E-state index in [1.165, 1.54) is 0 Å². The maximum absolute atomic E-state index is 12.7. The van der Waals surface area contributed by atoms with Crippen LogP contribution in [0.15, 0.2) is 65.7 Å². The summed E-state index contributed by atoms with van der Waals surface area (Å²) in [5, 5.41) is 10.7. The molecule has 31 heavy (non-hydrogen) atoms. The third-order valence-electron chi connectivity index (χ3n) is 5.29. The highest BCUT2D eigenvalue weighted by molar-refractivity contribution is 7.89. The summed E-state index contributed by atoms with van der Waals surface area (Å²) in [5.41, 5.74) is 2.11. The van der Waals surface area contributed by atoms with Gasteiger partial charge >= 0.3 is 0 Å². The van der Waals surface area contributed by atoms with Crippen molar-refractivity contribution in [1.29, 1.82) is 0 Å². The van der Waals surface area contributed by atoms with Crippen molar-refractivity contribution < 1.29 is 13.2 Å². The topological polar surface area (TPSA) is 97.2 Å². The van der Waals surface area contributed by atoms with Crippen LogP contribution in [-0.2, 0) is 23.1 Å². The van der Waals surface area contributed by atoms with Crippen molar-refractivity contribution >= 4 is 15.9 Å². The molecule has 1 aliphatic heterocycles. The van der Waals surface area contributed by atoms with Gasteiger partial charge in [-0.25, -0.2) is 13.1 Å². The Morgan fingerprint density at radius 2 is 1.65 bits per heavy atom. The smallest absolute Gasteiger partial charge is 0.273 e. The van der Waals surface area contributed by atoms with E-state index >= 15 is 0 Å². The van der Waals surface area contributed by atoms with Crippen LogP contribution in [0.5, 0.6) is 0 Å². The lowest BCUT2D eigenvalue weighted by Crippen LogP contribution is -2.35. The van der Waals surface area contributed by atoms with Gasteiger partial charge in [0.2, 0.25) is 10.0 Å². The van der Waals surface area contributed by atoms with Gasteiger partial charge in [-0.15, -0.1) is 5.10 Å². The number of carbonyl (C=O) groups is 1. The molecule has 1 N–H and O–H groups in total. The molecule has 1 aliphatic rings. The zero-order valence-electron chi connectivity index (χ0n) is 17.1. The number of sulfonamides is 1. The van der Waals surface area contributed by atoms with E-state index in [4.69, 9.17) is 0 Å². The van der Waals surface area contributed by atoms with Gasteiger partial charge in [0, 0.05) is 19.6 Å². The number of carbonyl (C=O) groups excluding carboxylic acids is 1. The number of benzene rings is 2. The molecule has 9 heteroatoms. The highest BCUT2D eigenvalue weighted by Gasteiger charge is 2.25. The molecule has 0 radical (unpaired) electrons. The monoisotopic (exact) mass is 439 g/mol. The van der Waals surface area contributed by atoms with Gasteiger partial charge in [0.1, 0.15) is 0 Å². The SMILES string of the molecule is O=C(NCc1ccc(S(=O)(=O)N2CCCCC2)cc1)c1cn(Cc2ccccc2)nn1. The first-order valence-corrected chi connectivity index (χ1v) is 11.8. The molecule has 0 spiro atoms. The first kappa shape index (κ1) is 21.2. The predicted molar refractivity (Wildman–Crippen MR) is 116 cm³/mol. The second-order valence-electron chi connectivity index (χ2n) is 7.58. The van der Waals surface area contributed by atoms with Crippen molar-refractivity contribution in [1.82, 2.24) is 24.6 Å². The van der Waals surface area contributed by atoms with Crippen molar-refractivity contribution in [3.8, 4) is 0 Å². The fourth-order valence-electron chi connectivity index (χ4n) is 3.56. The van der Waals surface area contributed by atoms with Gasteiger partial charge < -0.3 is 5.32 Å². The number of aromatic nitrogens is 3.